The molecule has 1 atom stereocenters. The van der Waals surface area contributed by atoms with Crippen LogP contribution in [0.15, 0.2) is 17.2 Å². The molecule has 0 saturated carbocycles. The van der Waals surface area contributed by atoms with Crippen molar-refractivity contribution in [3.05, 3.63) is 23.5 Å². The van der Waals surface area contributed by atoms with Crippen LogP contribution in [0.3, 0.4) is 0 Å². The lowest BCUT2D eigenvalue weighted by atomic mass is 10.2. The van der Waals surface area contributed by atoms with Crippen molar-refractivity contribution in [3.63, 3.8) is 0 Å². The van der Waals surface area contributed by atoms with Crippen LogP contribution in [-0.4, -0.2) is 54.4 Å². The molecular formula is C13H16N2O6S. The van der Waals surface area contributed by atoms with Crippen LogP contribution in [0.1, 0.15) is 28.9 Å². The van der Waals surface area contributed by atoms with Gasteiger partial charge in [0.15, 0.2) is 0 Å². The number of aliphatic carboxylic acids is 1. The topological polar surface area (TPSA) is 114 Å². The van der Waals surface area contributed by atoms with Gasteiger partial charge in [0, 0.05) is 12.7 Å². The summed E-state index contributed by atoms with van der Waals surface area (Å²) in [5.41, 5.74) is 0.372. The Morgan fingerprint density at radius 1 is 1.45 bits per heavy atom. The first-order valence-electron chi connectivity index (χ1n) is 6.58. The van der Waals surface area contributed by atoms with E-state index in [9.17, 15) is 18.0 Å². The van der Waals surface area contributed by atoms with Crippen LogP contribution in [-0.2, 0) is 19.6 Å². The van der Waals surface area contributed by atoms with Gasteiger partial charge in [-0.25, -0.2) is 13.2 Å². The van der Waals surface area contributed by atoms with Crippen LogP contribution in [0.2, 0.25) is 0 Å². The Labute approximate surface area is 127 Å². The third-order valence-corrected chi connectivity index (χ3v) is 5.44. The Kier molecular flexibility index (Phi) is 4.47. The van der Waals surface area contributed by atoms with Gasteiger partial charge in [0.2, 0.25) is 10.0 Å². The molecule has 1 aliphatic rings. The van der Waals surface area contributed by atoms with Crippen LogP contribution in [0.25, 0.3) is 0 Å². The minimum Gasteiger partial charge on any atom is -0.480 e. The van der Waals surface area contributed by atoms with Gasteiger partial charge in [-0.1, -0.05) is 0 Å². The number of aryl methyl sites for hydroxylation is 1. The summed E-state index contributed by atoms with van der Waals surface area (Å²) in [6.07, 6.45) is 1.85. The SMILES string of the molecule is COC(=O)c1cc(S(=O)(=O)N2CCC[C@@H]2C(=O)O)cnc1C. The molecule has 0 bridgehead atoms. The summed E-state index contributed by atoms with van der Waals surface area (Å²) >= 11 is 0. The van der Waals surface area contributed by atoms with Crippen molar-refractivity contribution in [1.82, 2.24) is 9.29 Å². The molecule has 1 N–H and O–H groups in total. The zero-order valence-corrected chi connectivity index (χ0v) is 13.0. The molecule has 1 fully saturated rings. The third kappa shape index (κ3) is 2.81. The summed E-state index contributed by atoms with van der Waals surface area (Å²) in [7, 11) is -2.85. The van der Waals surface area contributed by atoms with Crippen molar-refractivity contribution < 1.29 is 27.9 Å². The maximum atomic E-state index is 12.6. The number of esters is 1. The number of hydrogen-bond acceptors (Lipinski definition) is 6. The summed E-state index contributed by atoms with van der Waals surface area (Å²) in [4.78, 5) is 26.5. The Bertz CT molecular complexity index is 715. The second-order valence-electron chi connectivity index (χ2n) is 4.91. The molecule has 0 aliphatic carbocycles. The van der Waals surface area contributed by atoms with E-state index in [4.69, 9.17) is 5.11 Å². The predicted octanol–water partition coefficient (Wildman–Crippen LogP) is 0.414. The number of carboxylic acids is 1. The quantitative estimate of drug-likeness (QED) is 0.796. The van der Waals surface area contributed by atoms with Crippen LogP contribution < -0.4 is 0 Å². The number of aromatic nitrogens is 1. The van der Waals surface area contributed by atoms with Crippen LogP contribution in [0.4, 0.5) is 0 Å². The molecule has 1 aliphatic heterocycles. The molecule has 2 heterocycles. The summed E-state index contributed by atoms with van der Waals surface area (Å²) in [5, 5.41) is 9.12. The molecule has 0 aromatic carbocycles. The minimum absolute atomic E-state index is 0.0367. The molecule has 0 spiro atoms. The number of carbonyl (C=O) groups excluding carboxylic acids is 1. The average Bonchev–Trinajstić information content (AvgIpc) is 2.97. The van der Waals surface area contributed by atoms with Gasteiger partial charge in [-0.05, 0) is 25.8 Å². The maximum absolute atomic E-state index is 12.6. The van der Waals surface area contributed by atoms with Gasteiger partial charge >= 0.3 is 11.9 Å². The first-order chi connectivity index (χ1) is 10.3. The lowest BCUT2D eigenvalue weighted by Gasteiger charge is -2.21. The molecule has 0 amide bonds. The van der Waals surface area contributed by atoms with E-state index in [-0.39, 0.29) is 23.4 Å². The van der Waals surface area contributed by atoms with E-state index >= 15 is 0 Å². The van der Waals surface area contributed by atoms with E-state index in [1.165, 1.54) is 13.2 Å². The molecule has 22 heavy (non-hydrogen) atoms. The third-order valence-electron chi connectivity index (χ3n) is 3.56. The van der Waals surface area contributed by atoms with Crippen molar-refractivity contribution in [1.29, 1.82) is 0 Å². The minimum atomic E-state index is -4.03. The highest BCUT2D eigenvalue weighted by molar-refractivity contribution is 7.89. The van der Waals surface area contributed by atoms with E-state index < -0.39 is 28.0 Å². The number of pyridine rings is 1. The van der Waals surface area contributed by atoms with Crippen LogP contribution in [0, 0.1) is 6.92 Å². The highest BCUT2D eigenvalue weighted by Crippen LogP contribution is 2.26. The molecule has 120 valence electrons. The fourth-order valence-corrected chi connectivity index (χ4v) is 4.01. The van der Waals surface area contributed by atoms with Gasteiger partial charge in [-0.3, -0.25) is 9.78 Å². The maximum Gasteiger partial charge on any atom is 0.339 e. The second kappa shape index (κ2) is 6.01. The van der Waals surface area contributed by atoms with E-state index in [1.54, 1.807) is 6.92 Å². The Balaban J connectivity index is 2.46. The fourth-order valence-electron chi connectivity index (χ4n) is 2.38. The summed E-state index contributed by atoms with van der Waals surface area (Å²) in [5.74, 6) is -1.88. The summed E-state index contributed by atoms with van der Waals surface area (Å²) < 4.78 is 30.7. The Morgan fingerprint density at radius 3 is 2.73 bits per heavy atom. The molecule has 9 heteroatoms. The van der Waals surface area contributed by atoms with Crippen molar-refractivity contribution in [2.24, 2.45) is 0 Å². The predicted molar refractivity (Wildman–Crippen MR) is 74.9 cm³/mol. The number of hydrogen-bond donors (Lipinski definition) is 1. The van der Waals surface area contributed by atoms with Crippen molar-refractivity contribution in [2.75, 3.05) is 13.7 Å². The fraction of sp³-hybridized carbons (Fsp3) is 0.462. The zero-order chi connectivity index (χ0) is 16.5. The Morgan fingerprint density at radius 2 is 2.14 bits per heavy atom. The highest BCUT2D eigenvalue weighted by Gasteiger charge is 2.39. The van der Waals surface area contributed by atoms with Gasteiger partial charge in [0.1, 0.15) is 10.9 Å². The monoisotopic (exact) mass is 328 g/mol. The number of ether oxygens (including phenoxy) is 1. The number of rotatable bonds is 4. The Hall–Kier alpha value is -2.00. The number of nitrogens with zero attached hydrogens (tertiary/aromatic N) is 2. The van der Waals surface area contributed by atoms with Gasteiger partial charge in [-0.2, -0.15) is 4.31 Å². The molecule has 0 radical (unpaired) electrons. The van der Waals surface area contributed by atoms with Gasteiger partial charge in [-0.15, -0.1) is 0 Å². The van der Waals surface area contributed by atoms with E-state index in [2.05, 4.69) is 9.72 Å². The molecular weight excluding hydrogens is 312 g/mol. The van der Waals surface area contributed by atoms with E-state index in [0.29, 0.717) is 12.1 Å². The van der Waals surface area contributed by atoms with Crippen molar-refractivity contribution in [3.8, 4) is 0 Å². The smallest absolute Gasteiger partial charge is 0.339 e. The molecule has 1 aromatic heterocycles. The summed E-state index contributed by atoms with van der Waals surface area (Å²) in [6, 6.07) is 0.0775. The lowest BCUT2D eigenvalue weighted by Crippen LogP contribution is -2.40. The second-order valence-corrected chi connectivity index (χ2v) is 6.80. The largest absolute Gasteiger partial charge is 0.480 e. The normalized spacial score (nSPS) is 19.1. The van der Waals surface area contributed by atoms with Gasteiger partial charge < -0.3 is 9.84 Å². The summed E-state index contributed by atoms with van der Waals surface area (Å²) in [6.45, 7) is 1.68. The molecule has 8 nitrogen and oxygen atoms in total. The molecule has 0 unspecified atom stereocenters. The standard InChI is InChI=1S/C13H16N2O6S/c1-8-10(13(18)21-2)6-9(7-14-8)22(19,20)15-5-3-4-11(15)12(16)17/h6-7,11H,3-5H2,1-2H3,(H,16,17)/t11-/m1/s1. The zero-order valence-electron chi connectivity index (χ0n) is 12.1. The number of carboxylic acid groups (broad SMARTS) is 1. The van der Waals surface area contributed by atoms with E-state index in [1.807, 2.05) is 0 Å². The number of sulfonamides is 1. The first-order valence-corrected chi connectivity index (χ1v) is 8.02. The van der Waals surface area contributed by atoms with Gasteiger partial charge in [0.25, 0.3) is 0 Å². The molecule has 1 saturated heterocycles. The number of methoxy groups -OCH3 is 1. The first kappa shape index (κ1) is 16.4. The average molecular weight is 328 g/mol. The lowest BCUT2D eigenvalue weighted by molar-refractivity contribution is -0.140. The van der Waals surface area contributed by atoms with Crippen LogP contribution in [0.5, 0.6) is 0 Å². The highest BCUT2D eigenvalue weighted by atomic mass is 32.2. The van der Waals surface area contributed by atoms with Crippen molar-refractivity contribution >= 4 is 22.0 Å². The molecule has 2 rings (SSSR count). The van der Waals surface area contributed by atoms with Crippen LogP contribution >= 0.6 is 0 Å². The van der Waals surface area contributed by atoms with E-state index in [0.717, 1.165) is 10.5 Å². The molecule has 1 aromatic rings. The van der Waals surface area contributed by atoms with Crippen molar-refractivity contribution in [2.45, 2.75) is 30.7 Å². The number of carbonyl (C=O) groups is 2. The van der Waals surface area contributed by atoms with Gasteiger partial charge in [0.05, 0.1) is 18.4 Å².